The van der Waals surface area contributed by atoms with Gasteiger partial charge in [0.15, 0.2) is 6.54 Å². The van der Waals surface area contributed by atoms with E-state index >= 15 is 0 Å². The van der Waals surface area contributed by atoms with Gasteiger partial charge in [0.05, 0.1) is 12.7 Å². The molecule has 104 valence electrons. The lowest BCUT2D eigenvalue weighted by Gasteiger charge is -2.22. The highest BCUT2D eigenvalue weighted by molar-refractivity contribution is 14.1. The summed E-state index contributed by atoms with van der Waals surface area (Å²) in [6.45, 7) is 2.36. The van der Waals surface area contributed by atoms with Crippen LogP contribution in [0.3, 0.4) is 0 Å². The van der Waals surface area contributed by atoms with E-state index in [4.69, 9.17) is 4.74 Å². The Labute approximate surface area is 130 Å². The minimum Gasteiger partial charge on any atom is -0.445 e. The first-order valence-electron chi connectivity index (χ1n) is 6.45. The van der Waals surface area contributed by atoms with Crippen molar-refractivity contribution in [1.82, 2.24) is 10.00 Å². The van der Waals surface area contributed by atoms with Crippen LogP contribution in [0, 0.1) is 3.57 Å². The minimum absolute atomic E-state index is 0.253. The van der Waals surface area contributed by atoms with Gasteiger partial charge in [0.2, 0.25) is 5.69 Å². The number of aromatic amines is 1. The maximum absolute atomic E-state index is 12.1. The summed E-state index contributed by atoms with van der Waals surface area (Å²) in [5.74, 6) is 0. The van der Waals surface area contributed by atoms with E-state index in [0.717, 1.165) is 21.4 Å². The van der Waals surface area contributed by atoms with Crippen LogP contribution < -0.4 is 4.68 Å². The van der Waals surface area contributed by atoms with Crippen molar-refractivity contribution < 1.29 is 14.2 Å². The minimum atomic E-state index is -0.253. The number of H-pyrrole nitrogens is 1. The molecule has 0 bridgehead atoms. The Hall–Kier alpha value is -1.57. The van der Waals surface area contributed by atoms with Gasteiger partial charge in [0.1, 0.15) is 16.7 Å². The predicted octanol–water partition coefficient (Wildman–Crippen LogP) is 2.06. The molecular weight excluding hydrogens is 369 g/mol. The monoisotopic (exact) mass is 384 g/mol. The van der Waals surface area contributed by atoms with Gasteiger partial charge in [-0.2, -0.15) is 5.10 Å². The number of ether oxygens (including phenoxy) is 1. The largest absolute Gasteiger partial charge is 0.445 e. The molecule has 20 heavy (non-hydrogen) atoms. The van der Waals surface area contributed by atoms with E-state index in [9.17, 15) is 4.79 Å². The third-order valence-corrected chi connectivity index (χ3v) is 4.28. The lowest BCUT2D eigenvalue weighted by molar-refractivity contribution is -0.762. The zero-order chi connectivity index (χ0) is 13.9. The summed E-state index contributed by atoms with van der Waals surface area (Å²) in [4.78, 5) is 13.8. The molecule has 2 aromatic rings. The molecule has 1 amide bonds. The number of nitrogens with one attached hydrogen (secondary N) is 1. The molecule has 0 radical (unpaired) electrons. The zero-order valence-electron chi connectivity index (χ0n) is 10.9. The highest BCUT2D eigenvalue weighted by Gasteiger charge is 2.30. The van der Waals surface area contributed by atoms with Crippen molar-refractivity contribution in [2.75, 3.05) is 6.54 Å². The molecule has 0 saturated heterocycles. The second-order valence-electron chi connectivity index (χ2n) is 4.68. The number of benzene rings is 1. The molecule has 1 aliphatic rings. The molecular formula is C14H15IN3O2+. The third-order valence-electron chi connectivity index (χ3n) is 3.35. The van der Waals surface area contributed by atoms with Crippen LogP contribution in [0.15, 0.2) is 36.5 Å². The van der Waals surface area contributed by atoms with Gasteiger partial charge in [0.25, 0.3) is 0 Å². The van der Waals surface area contributed by atoms with E-state index in [1.807, 2.05) is 36.5 Å². The first-order valence-corrected chi connectivity index (χ1v) is 7.53. The summed E-state index contributed by atoms with van der Waals surface area (Å²) >= 11 is 2.27. The Morgan fingerprint density at radius 1 is 1.40 bits per heavy atom. The molecule has 0 unspecified atom stereocenters. The van der Waals surface area contributed by atoms with Crippen LogP contribution in [-0.2, 0) is 24.4 Å². The van der Waals surface area contributed by atoms with Crippen molar-refractivity contribution in [3.63, 3.8) is 0 Å². The number of hydrogen-bond donors (Lipinski definition) is 1. The van der Waals surface area contributed by atoms with Crippen molar-refractivity contribution in [3.8, 4) is 0 Å². The van der Waals surface area contributed by atoms with Gasteiger partial charge in [-0.05, 0) is 28.2 Å². The first-order chi connectivity index (χ1) is 9.74. The number of amides is 1. The summed E-state index contributed by atoms with van der Waals surface area (Å²) in [5, 5.41) is 3.17. The molecule has 1 aliphatic heterocycles. The van der Waals surface area contributed by atoms with Crippen LogP contribution in [0.5, 0.6) is 0 Å². The average molecular weight is 384 g/mol. The molecule has 0 fully saturated rings. The molecule has 0 atom stereocenters. The molecule has 1 N–H and O–H groups in total. The van der Waals surface area contributed by atoms with Crippen LogP contribution in [0.1, 0.15) is 11.3 Å². The van der Waals surface area contributed by atoms with Crippen molar-refractivity contribution in [2.45, 2.75) is 19.7 Å². The summed E-state index contributed by atoms with van der Waals surface area (Å²) in [6, 6.07) is 9.73. The van der Waals surface area contributed by atoms with Crippen molar-refractivity contribution >= 4 is 28.7 Å². The van der Waals surface area contributed by atoms with E-state index in [-0.39, 0.29) is 6.09 Å². The summed E-state index contributed by atoms with van der Waals surface area (Å²) in [7, 11) is 0. The van der Waals surface area contributed by atoms with Gasteiger partial charge in [-0.3, -0.25) is 4.90 Å². The second-order valence-corrected chi connectivity index (χ2v) is 5.84. The number of carbonyl (C=O) groups excluding carboxylic acids is 1. The standard InChI is InChI=1S/C14H14IN3O2/c15-12-8-16-18-7-6-17(9-13(12)18)14(19)20-10-11-4-2-1-3-5-11/h1-5,8H,6-7,9-10H2/p+1. The number of fused-ring (bicyclic) bond motifs is 1. The number of carbonyl (C=O) groups is 1. The molecule has 0 saturated carbocycles. The highest BCUT2D eigenvalue weighted by atomic mass is 127. The van der Waals surface area contributed by atoms with Gasteiger partial charge in [-0.25, -0.2) is 4.79 Å². The van der Waals surface area contributed by atoms with E-state index in [1.165, 1.54) is 0 Å². The van der Waals surface area contributed by atoms with E-state index in [1.54, 1.807) is 4.90 Å². The normalized spacial score (nSPS) is 13.9. The van der Waals surface area contributed by atoms with Gasteiger partial charge in [-0.1, -0.05) is 30.3 Å². The summed E-state index contributed by atoms with van der Waals surface area (Å²) in [5.41, 5.74) is 2.14. The third kappa shape index (κ3) is 2.79. The SMILES string of the molecule is O=C(OCc1ccccc1)N1CC[n+]2[nH]cc(I)c2C1. The fraction of sp³-hybridized carbons (Fsp3) is 0.286. The number of rotatable bonds is 2. The Balaban J connectivity index is 1.60. The fourth-order valence-corrected chi connectivity index (χ4v) is 2.83. The molecule has 1 aromatic heterocycles. The summed E-state index contributed by atoms with van der Waals surface area (Å²) < 4.78 is 8.58. The van der Waals surface area contributed by atoms with Crippen LogP contribution in [0.25, 0.3) is 0 Å². The number of nitrogens with zero attached hydrogens (tertiary/aromatic N) is 2. The van der Waals surface area contributed by atoms with Crippen LogP contribution in [-0.4, -0.2) is 22.6 Å². The van der Waals surface area contributed by atoms with Crippen molar-refractivity contribution in [1.29, 1.82) is 0 Å². The van der Waals surface area contributed by atoms with Crippen LogP contribution in [0.2, 0.25) is 0 Å². The molecule has 2 heterocycles. The Kier molecular flexibility index (Phi) is 3.90. The molecule has 6 heteroatoms. The predicted molar refractivity (Wildman–Crippen MR) is 80.7 cm³/mol. The zero-order valence-corrected chi connectivity index (χ0v) is 13.0. The Morgan fingerprint density at radius 3 is 3.00 bits per heavy atom. The fourth-order valence-electron chi connectivity index (χ4n) is 2.23. The van der Waals surface area contributed by atoms with Crippen LogP contribution in [0.4, 0.5) is 4.79 Å². The van der Waals surface area contributed by atoms with Crippen molar-refractivity contribution in [3.05, 3.63) is 51.4 Å². The molecule has 5 nitrogen and oxygen atoms in total. The maximum Gasteiger partial charge on any atom is 0.410 e. The lowest BCUT2D eigenvalue weighted by Crippen LogP contribution is -2.52. The number of aromatic nitrogens is 2. The topological polar surface area (TPSA) is 49.2 Å². The molecule has 0 aliphatic carbocycles. The van der Waals surface area contributed by atoms with Crippen molar-refractivity contribution in [2.24, 2.45) is 0 Å². The lowest BCUT2D eigenvalue weighted by atomic mass is 10.2. The van der Waals surface area contributed by atoms with Gasteiger partial charge in [-0.15, -0.1) is 4.68 Å². The maximum atomic E-state index is 12.1. The van der Waals surface area contributed by atoms with Gasteiger partial charge >= 0.3 is 6.09 Å². The van der Waals surface area contributed by atoms with Gasteiger partial charge < -0.3 is 4.74 Å². The Bertz CT molecular complexity index is 612. The summed E-state index contributed by atoms with van der Waals surface area (Å²) in [6.07, 6.45) is 1.70. The molecule has 3 rings (SSSR count). The number of hydrogen-bond acceptors (Lipinski definition) is 2. The highest BCUT2D eigenvalue weighted by Crippen LogP contribution is 2.14. The van der Waals surface area contributed by atoms with E-state index in [0.29, 0.717) is 19.7 Å². The van der Waals surface area contributed by atoms with Gasteiger partial charge in [0, 0.05) is 0 Å². The molecule has 0 spiro atoms. The number of halogens is 1. The molecule has 1 aromatic carbocycles. The first kappa shape index (κ1) is 13.4. The second kappa shape index (κ2) is 5.82. The van der Waals surface area contributed by atoms with E-state index in [2.05, 4.69) is 32.4 Å². The average Bonchev–Trinajstić information content (AvgIpc) is 2.87. The van der Waals surface area contributed by atoms with Crippen LogP contribution >= 0.6 is 22.6 Å². The van der Waals surface area contributed by atoms with E-state index < -0.39 is 0 Å². The smallest absolute Gasteiger partial charge is 0.410 e. The Morgan fingerprint density at radius 2 is 2.20 bits per heavy atom. The quantitative estimate of drug-likeness (QED) is 0.637.